The number of aliphatic hydroxyl groups excluding tert-OH is 1. The molecule has 1 aliphatic carbocycles. The van der Waals surface area contributed by atoms with Gasteiger partial charge in [-0.05, 0) is 35.8 Å². The molecule has 0 amide bonds. The Kier molecular flexibility index (Phi) is 4.47. The van der Waals surface area contributed by atoms with Crippen molar-refractivity contribution in [2.75, 3.05) is 0 Å². The highest BCUT2D eigenvalue weighted by Crippen LogP contribution is 2.52. The van der Waals surface area contributed by atoms with Crippen molar-refractivity contribution in [3.8, 4) is 0 Å². The van der Waals surface area contributed by atoms with Crippen molar-refractivity contribution in [2.45, 2.75) is 61.5 Å². The first-order chi connectivity index (χ1) is 9.25. The summed E-state index contributed by atoms with van der Waals surface area (Å²) in [6.45, 7) is 19.8. The first-order valence-corrected chi connectivity index (χ1v) is 7.55. The molecule has 0 heterocycles. The number of Topliss-reactive ketones (excluding diaryl/α,β-unsaturated/α-hetero) is 1. The van der Waals surface area contributed by atoms with Crippen LogP contribution in [0.2, 0.25) is 0 Å². The topological polar surface area (TPSA) is 37.3 Å². The fourth-order valence-electron chi connectivity index (χ4n) is 3.18. The summed E-state index contributed by atoms with van der Waals surface area (Å²) >= 11 is 0. The van der Waals surface area contributed by atoms with Gasteiger partial charge in [-0.15, -0.1) is 0 Å². The zero-order chi connectivity index (χ0) is 16.8. The van der Waals surface area contributed by atoms with E-state index in [9.17, 15) is 9.90 Å². The first kappa shape index (κ1) is 17.9. The minimum absolute atomic E-state index is 0.00361. The molecule has 1 N–H and O–H groups in total. The summed E-state index contributed by atoms with van der Waals surface area (Å²) in [4.78, 5) is 12.6. The van der Waals surface area contributed by atoms with Crippen LogP contribution < -0.4 is 0 Å². The highest BCUT2D eigenvalue weighted by Gasteiger charge is 2.54. The summed E-state index contributed by atoms with van der Waals surface area (Å²) in [5.74, 6) is -0.00361. The molecule has 1 aliphatic rings. The van der Waals surface area contributed by atoms with Crippen molar-refractivity contribution < 1.29 is 9.90 Å². The fourth-order valence-corrected chi connectivity index (χ4v) is 3.18. The van der Waals surface area contributed by atoms with Crippen LogP contribution in [0.25, 0.3) is 0 Å². The van der Waals surface area contributed by atoms with E-state index in [1.807, 2.05) is 39.8 Å². The number of carbonyl (C=O) groups excluding carboxylic acids is 1. The predicted octanol–water partition coefficient (Wildman–Crippen LogP) is 4.46. The van der Waals surface area contributed by atoms with E-state index >= 15 is 0 Å². The summed E-state index contributed by atoms with van der Waals surface area (Å²) in [6.07, 6.45) is 3.12. The van der Waals surface area contributed by atoms with Gasteiger partial charge in [-0.25, -0.2) is 0 Å². The maximum absolute atomic E-state index is 12.6. The lowest BCUT2D eigenvalue weighted by Gasteiger charge is -2.49. The Labute approximate surface area is 129 Å². The molecule has 0 aromatic heterocycles. The van der Waals surface area contributed by atoms with Crippen LogP contribution in [0, 0.1) is 16.2 Å². The number of allylic oxidation sites excluding steroid dienone is 3. The molecule has 0 fully saturated rings. The molecular formula is C19H30O2. The van der Waals surface area contributed by atoms with Gasteiger partial charge in [0.15, 0.2) is 0 Å². The van der Waals surface area contributed by atoms with Crippen LogP contribution >= 0.6 is 0 Å². The van der Waals surface area contributed by atoms with E-state index in [1.54, 1.807) is 6.92 Å². The molecule has 0 bridgehead atoms. The zero-order valence-electron chi connectivity index (χ0n) is 14.8. The molecular weight excluding hydrogens is 260 g/mol. The first-order valence-electron chi connectivity index (χ1n) is 7.55. The minimum Gasteiger partial charge on any atom is -0.387 e. The van der Waals surface area contributed by atoms with Gasteiger partial charge in [0, 0.05) is 0 Å². The van der Waals surface area contributed by atoms with Gasteiger partial charge in [-0.3, -0.25) is 4.79 Å². The van der Waals surface area contributed by atoms with Crippen LogP contribution in [0.3, 0.4) is 0 Å². The van der Waals surface area contributed by atoms with Crippen molar-refractivity contribution in [3.63, 3.8) is 0 Å². The van der Waals surface area contributed by atoms with Gasteiger partial charge >= 0.3 is 0 Å². The highest BCUT2D eigenvalue weighted by molar-refractivity contribution is 5.88. The number of ketones is 1. The van der Waals surface area contributed by atoms with Gasteiger partial charge in [0.25, 0.3) is 0 Å². The van der Waals surface area contributed by atoms with Crippen LogP contribution in [-0.2, 0) is 4.79 Å². The molecule has 0 radical (unpaired) electrons. The number of rotatable bonds is 2. The molecule has 2 nitrogen and oxygen atoms in total. The van der Waals surface area contributed by atoms with Crippen molar-refractivity contribution in [2.24, 2.45) is 16.2 Å². The molecule has 21 heavy (non-hydrogen) atoms. The van der Waals surface area contributed by atoms with Crippen molar-refractivity contribution in [1.82, 2.24) is 0 Å². The molecule has 1 rings (SSSR count). The van der Waals surface area contributed by atoms with E-state index in [1.165, 1.54) is 0 Å². The summed E-state index contributed by atoms with van der Waals surface area (Å²) in [7, 11) is 0. The summed E-state index contributed by atoms with van der Waals surface area (Å²) in [5.41, 5.74) is 1.25. The SMILES string of the molecule is C=C(C)C1=CC(C(C)=O)(C(C)(C)C)C(O)C(C(C)(C)C)=C1. The Morgan fingerprint density at radius 3 is 1.95 bits per heavy atom. The van der Waals surface area contributed by atoms with E-state index in [0.29, 0.717) is 0 Å². The van der Waals surface area contributed by atoms with E-state index in [0.717, 1.165) is 16.7 Å². The lowest BCUT2D eigenvalue weighted by Crippen LogP contribution is -2.53. The van der Waals surface area contributed by atoms with Crippen LogP contribution in [0.5, 0.6) is 0 Å². The molecule has 0 aromatic carbocycles. The minimum atomic E-state index is -0.918. The summed E-state index contributed by atoms with van der Waals surface area (Å²) < 4.78 is 0. The van der Waals surface area contributed by atoms with Gasteiger partial charge < -0.3 is 5.11 Å². The third kappa shape index (κ3) is 2.91. The predicted molar refractivity (Wildman–Crippen MR) is 89.0 cm³/mol. The fraction of sp³-hybridized carbons (Fsp3) is 0.632. The van der Waals surface area contributed by atoms with Crippen molar-refractivity contribution in [3.05, 3.63) is 35.5 Å². The second-order valence-corrected chi connectivity index (χ2v) is 8.31. The molecule has 2 atom stereocenters. The van der Waals surface area contributed by atoms with Crippen LogP contribution in [0.4, 0.5) is 0 Å². The van der Waals surface area contributed by atoms with Crippen molar-refractivity contribution in [1.29, 1.82) is 0 Å². The van der Waals surface area contributed by atoms with Crippen LogP contribution in [-0.4, -0.2) is 17.0 Å². The molecule has 2 heteroatoms. The van der Waals surface area contributed by atoms with Crippen molar-refractivity contribution >= 4 is 5.78 Å². The zero-order valence-corrected chi connectivity index (χ0v) is 14.8. The lowest BCUT2D eigenvalue weighted by atomic mass is 9.55. The number of aliphatic hydroxyl groups is 1. The number of hydrogen-bond acceptors (Lipinski definition) is 2. The highest BCUT2D eigenvalue weighted by atomic mass is 16.3. The van der Waals surface area contributed by atoms with Gasteiger partial charge in [0.05, 0.1) is 11.5 Å². The van der Waals surface area contributed by atoms with E-state index < -0.39 is 11.5 Å². The molecule has 0 saturated carbocycles. The maximum Gasteiger partial charge on any atom is 0.143 e. The van der Waals surface area contributed by atoms with E-state index in [2.05, 4.69) is 27.4 Å². The Morgan fingerprint density at radius 2 is 1.67 bits per heavy atom. The standard InChI is InChI=1S/C19H30O2/c1-12(2)14-10-15(17(4,5)6)16(21)19(11-14,13(3)20)18(7,8)9/h10-11,16,21H,1H2,2-9H3. The summed E-state index contributed by atoms with van der Waals surface area (Å²) in [6, 6.07) is 0. The molecule has 0 aromatic rings. The van der Waals surface area contributed by atoms with Crippen LogP contribution in [0.15, 0.2) is 35.5 Å². The van der Waals surface area contributed by atoms with Crippen LogP contribution in [0.1, 0.15) is 55.4 Å². The third-order valence-corrected chi connectivity index (χ3v) is 4.60. The van der Waals surface area contributed by atoms with Gasteiger partial charge in [-0.2, -0.15) is 0 Å². The second-order valence-electron chi connectivity index (χ2n) is 8.31. The molecule has 2 unspecified atom stereocenters. The molecule has 0 aliphatic heterocycles. The average Bonchev–Trinajstić information content (AvgIpc) is 2.24. The molecule has 118 valence electrons. The second kappa shape index (κ2) is 5.24. The van der Waals surface area contributed by atoms with E-state index in [4.69, 9.17) is 0 Å². The van der Waals surface area contributed by atoms with Gasteiger partial charge in [0.2, 0.25) is 0 Å². The van der Waals surface area contributed by atoms with Gasteiger partial charge in [-0.1, -0.05) is 65.8 Å². The quantitative estimate of drug-likeness (QED) is 0.815. The van der Waals surface area contributed by atoms with E-state index in [-0.39, 0.29) is 16.6 Å². The number of carbonyl (C=O) groups is 1. The Morgan fingerprint density at radius 1 is 1.19 bits per heavy atom. The lowest BCUT2D eigenvalue weighted by molar-refractivity contribution is -0.136. The average molecular weight is 290 g/mol. The smallest absolute Gasteiger partial charge is 0.143 e. The monoisotopic (exact) mass is 290 g/mol. The molecule has 0 saturated heterocycles. The normalized spacial score (nSPS) is 27.0. The maximum atomic E-state index is 12.6. The molecule has 0 spiro atoms. The largest absolute Gasteiger partial charge is 0.387 e. The third-order valence-electron chi connectivity index (χ3n) is 4.60. The summed E-state index contributed by atoms with van der Waals surface area (Å²) in [5, 5.41) is 11.1. The number of hydrogen-bond donors (Lipinski definition) is 1. The van der Waals surface area contributed by atoms with Gasteiger partial charge in [0.1, 0.15) is 5.78 Å². The Balaban J connectivity index is 3.72. The Hall–Kier alpha value is -1.15. The Bertz CT molecular complexity index is 521.